The number of hydrogen-bond donors (Lipinski definition) is 1. The highest BCUT2D eigenvalue weighted by atomic mass is 16.6. The van der Waals surface area contributed by atoms with Gasteiger partial charge in [-0.1, -0.05) is 0 Å². The monoisotopic (exact) mass is 174 g/mol. The van der Waals surface area contributed by atoms with Crippen molar-refractivity contribution in [2.45, 2.75) is 38.4 Å². The Hall–Kier alpha value is -0.120. The van der Waals surface area contributed by atoms with Crippen molar-refractivity contribution in [3.8, 4) is 0 Å². The van der Waals surface area contributed by atoms with Crippen molar-refractivity contribution in [2.75, 3.05) is 19.8 Å². The molecule has 1 aliphatic heterocycles. The molecule has 3 nitrogen and oxygen atoms in total. The lowest BCUT2D eigenvalue weighted by Gasteiger charge is -2.10. The van der Waals surface area contributed by atoms with Crippen LogP contribution in [0.5, 0.6) is 0 Å². The van der Waals surface area contributed by atoms with E-state index in [9.17, 15) is 0 Å². The molecule has 0 radical (unpaired) electrons. The van der Waals surface area contributed by atoms with Crippen molar-refractivity contribution < 1.29 is 14.6 Å². The highest BCUT2D eigenvalue weighted by molar-refractivity contribution is 4.68. The first-order valence-electron chi connectivity index (χ1n) is 4.67. The second kappa shape index (κ2) is 5.51. The largest absolute Gasteiger partial charge is 0.396 e. The van der Waals surface area contributed by atoms with Gasteiger partial charge < -0.3 is 14.6 Å². The topological polar surface area (TPSA) is 42.0 Å². The van der Waals surface area contributed by atoms with E-state index in [2.05, 4.69) is 6.92 Å². The van der Waals surface area contributed by atoms with E-state index >= 15 is 0 Å². The molecule has 1 fully saturated rings. The summed E-state index contributed by atoms with van der Waals surface area (Å²) in [4.78, 5) is 0. The third-order valence-electron chi connectivity index (χ3n) is 1.99. The molecule has 12 heavy (non-hydrogen) atoms. The minimum absolute atomic E-state index is 0.290. The van der Waals surface area contributed by atoms with E-state index in [1.807, 2.05) is 0 Å². The van der Waals surface area contributed by atoms with Crippen LogP contribution < -0.4 is 0 Å². The summed E-state index contributed by atoms with van der Waals surface area (Å²) in [7, 11) is 0. The van der Waals surface area contributed by atoms with Crippen LogP contribution in [0.4, 0.5) is 0 Å². The SMILES string of the molecule is CC(CCCCO)OCC1CO1. The van der Waals surface area contributed by atoms with E-state index in [1.165, 1.54) is 0 Å². The van der Waals surface area contributed by atoms with Gasteiger partial charge in [0, 0.05) is 6.61 Å². The molecule has 1 N–H and O–H groups in total. The fourth-order valence-electron chi connectivity index (χ4n) is 1.06. The van der Waals surface area contributed by atoms with Gasteiger partial charge in [0.25, 0.3) is 0 Å². The zero-order valence-electron chi connectivity index (χ0n) is 7.66. The Bertz CT molecular complexity index is 112. The molecule has 1 aliphatic rings. The summed E-state index contributed by atoms with van der Waals surface area (Å²) in [5.74, 6) is 0. The van der Waals surface area contributed by atoms with E-state index in [0.717, 1.165) is 32.5 Å². The van der Waals surface area contributed by atoms with Crippen LogP contribution in [0.15, 0.2) is 0 Å². The lowest BCUT2D eigenvalue weighted by molar-refractivity contribution is 0.0469. The minimum Gasteiger partial charge on any atom is -0.396 e. The van der Waals surface area contributed by atoms with Crippen molar-refractivity contribution in [2.24, 2.45) is 0 Å². The van der Waals surface area contributed by atoms with Crippen LogP contribution in [0, 0.1) is 0 Å². The molecule has 72 valence electrons. The predicted octanol–water partition coefficient (Wildman–Crippen LogP) is 0.953. The number of aliphatic hydroxyl groups is 1. The van der Waals surface area contributed by atoms with Crippen LogP contribution in [-0.4, -0.2) is 37.1 Å². The van der Waals surface area contributed by atoms with Crippen molar-refractivity contribution >= 4 is 0 Å². The van der Waals surface area contributed by atoms with E-state index in [0.29, 0.717) is 18.8 Å². The Morgan fingerprint density at radius 3 is 2.92 bits per heavy atom. The summed E-state index contributed by atoms with van der Waals surface area (Å²) >= 11 is 0. The minimum atomic E-state index is 0.290. The van der Waals surface area contributed by atoms with Crippen LogP contribution in [0.25, 0.3) is 0 Å². The Labute approximate surface area is 73.7 Å². The third-order valence-corrected chi connectivity index (χ3v) is 1.99. The number of unbranched alkanes of at least 4 members (excludes halogenated alkanes) is 1. The van der Waals surface area contributed by atoms with Gasteiger partial charge >= 0.3 is 0 Å². The molecule has 0 aromatic carbocycles. The third kappa shape index (κ3) is 4.70. The smallest absolute Gasteiger partial charge is 0.104 e. The quantitative estimate of drug-likeness (QED) is 0.461. The molecule has 0 aromatic heterocycles. The summed E-state index contributed by atoms with van der Waals surface area (Å²) in [5, 5.41) is 8.55. The first kappa shape index (κ1) is 9.96. The van der Waals surface area contributed by atoms with Gasteiger partial charge in [0.2, 0.25) is 0 Å². The van der Waals surface area contributed by atoms with Crippen molar-refractivity contribution in [1.29, 1.82) is 0 Å². The molecule has 1 heterocycles. The molecule has 0 spiro atoms. The summed E-state index contributed by atoms with van der Waals surface area (Å²) in [5.41, 5.74) is 0. The van der Waals surface area contributed by atoms with Crippen LogP contribution in [0.3, 0.4) is 0 Å². The Kier molecular flexibility index (Phi) is 4.58. The molecule has 1 rings (SSSR count). The van der Waals surface area contributed by atoms with E-state index in [1.54, 1.807) is 0 Å². The van der Waals surface area contributed by atoms with Gasteiger partial charge in [0.1, 0.15) is 6.10 Å². The Morgan fingerprint density at radius 1 is 1.58 bits per heavy atom. The van der Waals surface area contributed by atoms with E-state index in [-0.39, 0.29) is 0 Å². The highest BCUT2D eigenvalue weighted by Crippen LogP contribution is 2.11. The maximum absolute atomic E-state index is 8.55. The molecular formula is C9H18O3. The van der Waals surface area contributed by atoms with Crippen LogP contribution >= 0.6 is 0 Å². The predicted molar refractivity (Wildman–Crippen MR) is 46.1 cm³/mol. The average molecular weight is 174 g/mol. The summed E-state index contributed by atoms with van der Waals surface area (Å²) in [6.07, 6.45) is 3.63. The van der Waals surface area contributed by atoms with Gasteiger partial charge in [0.15, 0.2) is 0 Å². The number of aliphatic hydroxyl groups excluding tert-OH is 1. The number of rotatable bonds is 7. The number of epoxide rings is 1. The van der Waals surface area contributed by atoms with E-state index < -0.39 is 0 Å². The Morgan fingerprint density at radius 2 is 2.33 bits per heavy atom. The summed E-state index contributed by atoms with van der Waals surface area (Å²) in [6.45, 7) is 3.96. The van der Waals surface area contributed by atoms with Crippen molar-refractivity contribution in [3.63, 3.8) is 0 Å². The molecule has 2 atom stereocenters. The van der Waals surface area contributed by atoms with Gasteiger partial charge in [-0.05, 0) is 26.2 Å². The van der Waals surface area contributed by atoms with Gasteiger partial charge in [-0.25, -0.2) is 0 Å². The summed E-state index contributed by atoms with van der Waals surface area (Å²) in [6, 6.07) is 0. The molecule has 0 aliphatic carbocycles. The fraction of sp³-hybridized carbons (Fsp3) is 1.00. The number of ether oxygens (including phenoxy) is 2. The van der Waals surface area contributed by atoms with Crippen LogP contribution in [0.2, 0.25) is 0 Å². The molecule has 1 saturated heterocycles. The lowest BCUT2D eigenvalue weighted by Crippen LogP contribution is -2.12. The van der Waals surface area contributed by atoms with Crippen LogP contribution in [-0.2, 0) is 9.47 Å². The van der Waals surface area contributed by atoms with Gasteiger partial charge in [-0.3, -0.25) is 0 Å². The standard InChI is InChI=1S/C9H18O3/c1-8(4-2-3-5-10)11-6-9-7-12-9/h8-10H,2-7H2,1H3. The second-order valence-electron chi connectivity index (χ2n) is 3.32. The van der Waals surface area contributed by atoms with Gasteiger partial charge in [0.05, 0.1) is 19.3 Å². The lowest BCUT2D eigenvalue weighted by atomic mass is 10.2. The Balaban J connectivity index is 1.84. The molecule has 3 heteroatoms. The molecule has 0 saturated carbocycles. The summed E-state index contributed by atoms with van der Waals surface area (Å²) < 4.78 is 10.5. The average Bonchev–Trinajstić information content (AvgIpc) is 2.84. The molecule has 0 aromatic rings. The molecule has 2 unspecified atom stereocenters. The molecule has 0 amide bonds. The molecule has 0 bridgehead atoms. The van der Waals surface area contributed by atoms with Crippen molar-refractivity contribution in [3.05, 3.63) is 0 Å². The maximum Gasteiger partial charge on any atom is 0.104 e. The fourth-order valence-corrected chi connectivity index (χ4v) is 1.06. The first-order valence-corrected chi connectivity index (χ1v) is 4.67. The second-order valence-corrected chi connectivity index (χ2v) is 3.32. The van der Waals surface area contributed by atoms with Crippen molar-refractivity contribution in [1.82, 2.24) is 0 Å². The number of hydrogen-bond acceptors (Lipinski definition) is 3. The van der Waals surface area contributed by atoms with E-state index in [4.69, 9.17) is 14.6 Å². The zero-order valence-corrected chi connectivity index (χ0v) is 7.66. The highest BCUT2D eigenvalue weighted by Gasteiger charge is 2.23. The van der Waals surface area contributed by atoms with Gasteiger partial charge in [-0.2, -0.15) is 0 Å². The van der Waals surface area contributed by atoms with Gasteiger partial charge in [-0.15, -0.1) is 0 Å². The normalized spacial score (nSPS) is 24.0. The molecular weight excluding hydrogens is 156 g/mol. The first-order chi connectivity index (χ1) is 5.83. The van der Waals surface area contributed by atoms with Crippen LogP contribution in [0.1, 0.15) is 26.2 Å². The maximum atomic E-state index is 8.55. The zero-order chi connectivity index (χ0) is 8.81.